The average molecular weight is 482 g/mol. The first-order chi connectivity index (χ1) is 13.5. The number of carbonyl (C=O) groups excluding carboxylic acids is 1. The molecule has 2 rings (SSSR count). The van der Waals surface area contributed by atoms with Crippen molar-refractivity contribution in [3.05, 3.63) is 35.9 Å². The van der Waals surface area contributed by atoms with E-state index in [1.165, 1.54) is 0 Å². The molecule has 0 bridgehead atoms. The summed E-state index contributed by atoms with van der Waals surface area (Å²) in [5.74, 6) is -4.56. The topological polar surface area (TPSA) is 206 Å². The molecule has 0 aromatic heterocycles. The van der Waals surface area contributed by atoms with Gasteiger partial charge in [-0.2, -0.15) is 0 Å². The number of carbonyl (C=O) groups is 1. The van der Waals surface area contributed by atoms with E-state index in [1.807, 2.05) is 0 Å². The Morgan fingerprint density at radius 3 is 2.32 bits per heavy atom. The van der Waals surface area contributed by atoms with Gasteiger partial charge in [0.15, 0.2) is 0 Å². The van der Waals surface area contributed by atoms with Gasteiger partial charge in [0, 0.05) is 6.42 Å². The molecule has 12 nitrogen and oxygen atoms in total. The van der Waals surface area contributed by atoms with Crippen molar-refractivity contribution in [2.75, 3.05) is 6.61 Å². The molecule has 31 heavy (non-hydrogen) atoms. The SMILES string of the molecule is O=C([O-])[C@@]1(OCc2ccccc2)C[C@H](O)[C@@H](O)[C@H]([C@H](O)[C@@H](CO)OS(=O)(=O)[O-])O1.[Na+].[Na+]. The predicted molar refractivity (Wildman–Crippen MR) is 88.1 cm³/mol. The Kier molecular flexibility index (Phi) is 13.4. The van der Waals surface area contributed by atoms with E-state index < -0.39 is 65.7 Å². The summed E-state index contributed by atoms with van der Waals surface area (Å²) < 4.78 is 46.7. The van der Waals surface area contributed by atoms with Gasteiger partial charge in [-0.25, -0.2) is 8.42 Å². The van der Waals surface area contributed by atoms with E-state index in [4.69, 9.17) is 9.47 Å². The summed E-state index contributed by atoms with van der Waals surface area (Å²) in [6, 6.07) is 8.24. The van der Waals surface area contributed by atoms with Gasteiger partial charge in [-0.1, -0.05) is 30.3 Å². The Balaban J connectivity index is 0.00000450. The predicted octanol–water partition coefficient (Wildman–Crippen LogP) is -9.63. The summed E-state index contributed by atoms with van der Waals surface area (Å²) in [7, 11) is -5.37. The number of rotatable bonds is 9. The quantitative estimate of drug-likeness (QED) is 0.147. The largest absolute Gasteiger partial charge is 1.00 e. The summed E-state index contributed by atoms with van der Waals surface area (Å²) in [5, 5.41) is 51.3. The molecule has 164 valence electrons. The van der Waals surface area contributed by atoms with Crippen LogP contribution in [0.15, 0.2) is 30.3 Å². The zero-order chi connectivity index (χ0) is 21.8. The molecule has 1 aromatic rings. The maximum atomic E-state index is 11.7. The molecule has 4 N–H and O–H groups in total. The van der Waals surface area contributed by atoms with Crippen LogP contribution in [0, 0.1) is 0 Å². The Bertz CT molecular complexity index is 795. The van der Waals surface area contributed by atoms with Gasteiger partial charge in [0.1, 0.15) is 30.4 Å². The molecule has 15 heteroatoms. The van der Waals surface area contributed by atoms with Crippen molar-refractivity contribution in [3.63, 3.8) is 0 Å². The minimum Gasteiger partial charge on any atom is -0.726 e. The van der Waals surface area contributed by atoms with E-state index in [0.717, 1.165) is 0 Å². The molecule has 1 saturated heterocycles. The average Bonchev–Trinajstić information content (AvgIpc) is 2.66. The molecular weight excluding hydrogens is 462 g/mol. The van der Waals surface area contributed by atoms with Crippen LogP contribution < -0.4 is 64.2 Å². The fraction of sp³-hybridized carbons (Fsp3) is 0.562. The van der Waals surface area contributed by atoms with Crippen molar-refractivity contribution in [2.45, 2.75) is 49.3 Å². The number of carboxylic acid groups (broad SMARTS) is 1. The molecule has 1 fully saturated rings. The monoisotopic (exact) mass is 482 g/mol. The van der Waals surface area contributed by atoms with E-state index in [9.17, 15) is 43.3 Å². The third-order valence-electron chi connectivity index (χ3n) is 4.30. The van der Waals surface area contributed by atoms with Crippen LogP contribution >= 0.6 is 0 Å². The van der Waals surface area contributed by atoms with Gasteiger partial charge in [0.2, 0.25) is 16.2 Å². The number of hydrogen-bond acceptors (Lipinski definition) is 12. The van der Waals surface area contributed by atoms with Crippen LogP contribution in [0.3, 0.4) is 0 Å². The molecule has 0 radical (unpaired) electrons. The second kappa shape index (κ2) is 13.3. The normalized spacial score (nSPS) is 28.0. The van der Waals surface area contributed by atoms with Gasteiger partial charge >= 0.3 is 59.1 Å². The number of ether oxygens (including phenoxy) is 2. The van der Waals surface area contributed by atoms with Gasteiger partial charge in [0.05, 0.1) is 19.3 Å². The van der Waals surface area contributed by atoms with Crippen LogP contribution in [0.25, 0.3) is 0 Å². The number of hydrogen-bond donors (Lipinski definition) is 4. The van der Waals surface area contributed by atoms with E-state index in [-0.39, 0.29) is 65.7 Å². The van der Waals surface area contributed by atoms with Crippen molar-refractivity contribution in [1.82, 2.24) is 0 Å². The zero-order valence-electron chi connectivity index (χ0n) is 16.9. The van der Waals surface area contributed by atoms with Crippen LogP contribution in [-0.4, -0.2) is 82.3 Å². The van der Waals surface area contributed by atoms with Gasteiger partial charge in [0.25, 0.3) is 0 Å². The first kappa shape index (κ1) is 31.3. The Morgan fingerprint density at radius 2 is 1.84 bits per heavy atom. The minimum absolute atomic E-state index is 0. The number of aliphatic carboxylic acids is 1. The molecular formula is C16H20Na2O12S. The Morgan fingerprint density at radius 1 is 1.26 bits per heavy atom. The molecule has 1 aliphatic rings. The number of aliphatic hydroxyl groups is 4. The molecule has 0 saturated carbocycles. The van der Waals surface area contributed by atoms with E-state index >= 15 is 0 Å². The van der Waals surface area contributed by atoms with Gasteiger partial charge in [-0.3, -0.25) is 4.18 Å². The summed E-state index contributed by atoms with van der Waals surface area (Å²) in [5.41, 5.74) is 0.531. The molecule has 1 aliphatic heterocycles. The Labute approximate surface area is 222 Å². The van der Waals surface area contributed by atoms with Crippen LogP contribution in [0.5, 0.6) is 0 Å². The molecule has 0 amide bonds. The standard InChI is InChI=1S/C16H22O12S.2Na/c17-7-11(28-29(23,24)25)13(20)14-12(19)10(18)6-16(27-14,15(21)22)26-8-9-4-2-1-3-5-9;;/h1-5,10-14,17-20H,6-8H2,(H,21,22)(H,23,24,25);;/q;2*+1/p-2/t10-,11+,12+,13+,14+,16+;;/m0../s1. The number of carboxylic acids is 1. The van der Waals surface area contributed by atoms with Gasteiger partial charge in [-0.15, -0.1) is 0 Å². The van der Waals surface area contributed by atoms with Crippen LogP contribution in [0.1, 0.15) is 12.0 Å². The second-order valence-electron chi connectivity index (χ2n) is 6.38. The van der Waals surface area contributed by atoms with Crippen molar-refractivity contribution in [3.8, 4) is 0 Å². The third kappa shape index (κ3) is 8.55. The number of benzene rings is 1. The van der Waals surface area contributed by atoms with Crippen molar-refractivity contribution >= 4 is 16.4 Å². The molecule has 0 aliphatic carbocycles. The second-order valence-corrected chi connectivity index (χ2v) is 7.38. The van der Waals surface area contributed by atoms with Gasteiger partial charge < -0.3 is 44.4 Å². The Hall–Kier alpha value is 0.320. The third-order valence-corrected chi connectivity index (χ3v) is 4.78. The van der Waals surface area contributed by atoms with Crippen LogP contribution in [0.2, 0.25) is 0 Å². The van der Waals surface area contributed by atoms with Crippen LogP contribution in [-0.2, 0) is 35.5 Å². The van der Waals surface area contributed by atoms with E-state index in [1.54, 1.807) is 30.3 Å². The fourth-order valence-electron chi connectivity index (χ4n) is 2.84. The van der Waals surface area contributed by atoms with Crippen molar-refractivity contribution in [1.29, 1.82) is 0 Å². The van der Waals surface area contributed by atoms with Crippen molar-refractivity contribution in [2.24, 2.45) is 0 Å². The van der Waals surface area contributed by atoms with Gasteiger partial charge in [-0.05, 0) is 5.56 Å². The molecule has 1 heterocycles. The van der Waals surface area contributed by atoms with E-state index in [0.29, 0.717) is 5.56 Å². The summed E-state index contributed by atoms with van der Waals surface area (Å²) in [4.78, 5) is 11.7. The fourth-order valence-corrected chi connectivity index (χ4v) is 3.32. The maximum Gasteiger partial charge on any atom is 1.00 e. The zero-order valence-corrected chi connectivity index (χ0v) is 21.7. The van der Waals surface area contributed by atoms with Crippen molar-refractivity contribution < 1.29 is 116 Å². The number of aliphatic hydroxyl groups excluding tert-OH is 4. The summed E-state index contributed by atoms with van der Waals surface area (Å²) in [6.45, 7) is -1.51. The summed E-state index contributed by atoms with van der Waals surface area (Å²) >= 11 is 0. The molecule has 0 unspecified atom stereocenters. The van der Waals surface area contributed by atoms with Crippen LogP contribution in [0.4, 0.5) is 0 Å². The van der Waals surface area contributed by atoms with E-state index in [2.05, 4.69) is 4.18 Å². The first-order valence-corrected chi connectivity index (χ1v) is 9.69. The molecule has 0 spiro atoms. The first-order valence-electron chi connectivity index (χ1n) is 8.35. The smallest absolute Gasteiger partial charge is 0.726 e. The molecule has 1 aromatic carbocycles. The minimum atomic E-state index is -5.37. The summed E-state index contributed by atoms with van der Waals surface area (Å²) in [6.07, 6.45) is -10.8. The maximum absolute atomic E-state index is 11.7. The molecule has 6 atom stereocenters.